The molecule has 4 heteroatoms. The number of aliphatic imine (C=N–C) groups is 1. The van der Waals surface area contributed by atoms with Crippen molar-refractivity contribution in [1.82, 2.24) is 0 Å². The van der Waals surface area contributed by atoms with E-state index >= 15 is 0 Å². The van der Waals surface area contributed by atoms with E-state index in [2.05, 4.69) is 4.99 Å². The van der Waals surface area contributed by atoms with Crippen LogP contribution in [-0.4, -0.2) is 24.5 Å². The molecule has 1 aromatic rings. The average molecular weight is 244 g/mol. The quantitative estimate of drug-likeness (QED) is 0.587. The summed E-state index contributed by atoms with van der Waals surface area (Å²) in [4.78, 5) is 4.17. The van der Waals surface area contributed by atoms with E-state index in [0.717, 1.165) is 5.75 Å². The molecule has 0 bridgehead atoms. The van der Waals surface area contributed by atoms with Crippen LogP contribution in [0, 0.1) is 0 Å². The van der Waals surface area contributed by atoms with Crippen LogP contribution in [-0.2, 0) is 0 Å². The maximum Gasteiger partial charge on any atom is 0.215 e. The molecular weight excluding hydrogens is 229 g/mol. The van der Waals surface area contributed by atoms with Gasteiger partial charge in [-0.1, -0.05) is 11.6 Å². The second-order valence-electron chi connectivity index (χ2n) is 3.64. The third-order valence-electron chi connectivity index (χ3n) is 1.99. The lowest BCUT2D eigenvalue weighted by molar-refractivity contribution is 0.415. The average Bonchev–Trinajstić information content (AvgIpc) is 2.25. The number of benzene rings is 1. The summed E-state index contributed by atoms with van der Waals surface area (Å²) in [5.74, 6) is 0.720. The van der Waals surface area contributed by atoms with Crippen molar-refractivity contribution < 1.29 is 9.13 Å². The van der Waals surface area contributed by atoms with Crippen molar-refractivity contribution in [3.05, 3.63) is 29.8 Å². The molecule has 0 amide bonds. The van der Waals surface area contributed by atoms with E-state index in [4.69, 9.17) is 16.3 Å². The van der Waals surface area contributed by atoms with Gasteiger partial charge in [0.05, 0.1) is 12.8 Å². The molecule has 0 aliphatic rings. The van der Waals surface area contributed by atoms with Crippen LogP contribution in [0.25, 0.3) is 0 Å². The molecule has 0 aromatic heterocycles. The van der Waals surface area contributed by atoms with Gasteiger partial charge in [-0.25, -0.2) is 4.39 Å². The van der Waals surface area contributed by atoms with Crippen LogP contribution in [0.4, 0.5) is 4.39 Å². The van der Waals surface area contributed by atoms with Gasteiger partial charge >= 0.3 is 0 Å². The fourth-order valence-electron chi connectivity index (χ4n) is 1.30. The lowest BCUT2D eigenvalue weighted by atomic mass is 10.1. The predicted molar refractivity (Wildman–Crippen MR) is 65.4 cm³/mol. The van der Waals surface area contributed by atoms with Crippen molar-refractivity contribution in [3.63, 3.8) is 0 Å². The third-order valence-corrected chi connectivity index (χ3v) is 2.20. The summed E-state index contributed by atoms with van der Waals surface area (Å²) in [6.07, 6.45) is 0. The van der Waals surface area contributed by atoms with Crippen molar-refractivity contribution in [2.45, 2.75) is 25.5 Å². The number of methoxy groups -OCH3 is 1. The molecule has 0 aliphatic heterocycles. The Bertz CT molecular complexity index is 360. The van der Waals surface area contributed by atoms with Crippen LogP contribution in [0.1, 0.15) is 19.4 Å². The molecule has 1 atom stereocenters. The van der Waals surface area contributed by atoms with Gasteiger partial charge in [-0.05, 0) is 38.1 Å². The van der Waals surface area contributed by atoms with Gasteiger partial charge in [-0.3, -0.25) is 4.99 Å². The molecule has 1 unspecified atom stereocenters. The highest BCUT2D eigenvalue weighted by atomic mass is 35.5. The van der Waals surface area contributed by atoms with Crippen molar-refractivity contribution in [2.24, 2.45) is 4.99 Å². The van der Waals surface area contributed by atoms with Crippen LogP contribution in [0.15, 0.2) is 29.3 Å². The van der Waals surface area contributed by atoms with E-state index < -0.39 is 5.63 Å². The maximum absolute atomic E-state index is 13.2. The molecule has 1 rings (SSSR count). The summed E-state index contributed by atoms with van der Waals surface area (Å²) in [6, 6.07) is 7.01. The van der Waals surface area contributed by atoms with Gasteiger partial charge in [0, 0.05) is 11.6 Å². The Hall–Kier alpha value is -1.09. The molecule has 88 valence electrons. The molecule has 1 aromatic carbocycles. The Morgan fingerprint density at radius 3 is 2.25 bits per heavy atom. The number of rotatable bonds is 4. The number of halogens is 2. The van der Waals surface area contributed by atoms with Gasteiger partial charge in [-0.15, -0.1) is 0 Å². The van der Waals surface area contributed by atoms with Gasteiger partial charge in [-0.2, -0.15) is 0 Å². The minimum Gasteiger partial charge on any atom is -0.497 e. The molecule has 0 radical (unpaired) electrons. The summed E-state index contributed by atoms with van der Waals surface area (Å²) < 4.78 is 18.2. The molecule has 2 nitrogen and oxygen atoms in total. The van der Waals surface area contributed by atoms with Gasteiger partial charge < -0.3 is 4.74 Å². The van der Waals surface area contributed by atoms with E-state index in [1.165, 1.54) is 0 Å². The summed E-state index contributed by atoms with van der Waals surface area (Å²) in [6.45, 7) is 3.76. The Balaban J connectivity index is 3.02. The highest BCUT2D eigenvalue weighted by Crippen LogP contribution is 2.16. The Morgan fingerprint density at radius 1 is 1.31 bits per heavy atom. The van der Waals surface area contributed by atoms with Gasteiger partial charge in [0.25, 0.3) is 0 Å². The van der Waals surface area contributed by atoms with Crippen LogP contribution >= 0.6 is 11.6 Å². The van der Waals surface area contributed by atoms with E-state index in [1.807, 2.05) is 13.8 Å². The Kier molecular flexibility index (Phi) is 4.74. The Labute approximate surface area is 100 Å². The zero-order valence-electron chi connectivity index (χ0n) is 9.58. The molecule has 0 fully saturated rings. The standard InChI is InChI=1S/C12H15ClFNO/c1-8(2)15-11(12(13)14)9-4-6-10(16-3)7-5-9/h4-8,12H,1-3H3. The number of hydrogen-bond donors (Lipinski definition) is 0. The van der Waals surface area contributed by atoms with Crippen LogP contribution in [0.3, 0.4) is 0 Å². The minimum absolute atomic E-state index is 0.00843. The first-order chi connectivity index (χ1) is 7.54. The van der Waals surface area contributed by atoms with E-state index in [0.29, 0.717) is 5.56 Å². The highest BCUT2D eigenvalue weighted by Gasteiger charge is 2.14. The zero-order chi connectivity index (χ0) is 12.1. The summed E-state index contributed by atoms with van der Waals surface area (Å²) in [5.41, 5.74) is -0.646. The maximum atomic E-state index is 13.2. The molecular formula is C12H15ClFNO. The van der Waals surface area contributed by atoms with E-state index in [9.17, 15) is 4.39 Å². The van der Waals surface area contributed by atoms with Gasteiger partial charge in [0.2, 0.25) is 5.63 Å². The van der Waals surface area contributed by atoms with Crippen LogP contribution < -0.4 is 4.74 Å². The summed E-state index contributed by atoms with van der Waals surface area (Å²) in [7, 11) is 1.58. The lowest BCUT2D eigenvalue weighted by Gasteiger charge is -2.09. The predicted octanol–water partition coefficient (Wildman–Crippen LogP) is 3.43. The number of ether oxygens (including phenoxy) is 1. The van der Waals surface area contributed by atoms with Crippen LogP contribution in [0.5, 0.6) is 5.75 Å². The van der Waals surface area contributed by atoms with Crippen molar-refractivity contribution in [1.29, 1.82) is 0 Å². The Morgan fingerprint density at radius 2 is 1.88 bits per heavy atom. The lowest BCUT2D eigenvalue weighted by Crippen LogP contribution is -2.13. The zero-order valence-corrected chi connectivity index (χ0v) is 10.3. The number of alkyl halides is 2. The molecule has 0 heterocycles. The molecule has 0 N–H and O–H groups in total. The SMILES string of the molecule is COc1ccc(C(=NC(C)C)C(F)Cl)cc1. The summed E-state index contributed by atoms with van der Waals surface area (Å²) >= 11 is 5.47. The van der Waals surface area contributed by atoms with Crippen molar-refractivity contribution in [2.75, 3.05) is 7.11 Å². The number of hydrogen-bond acceptors (Lipinski definition) is 2. The second kappa shape index (κ2) is 5.85. The molecule has 0 spiro atoms. The van der Waals surface area contributed by atoms with Crippen molar-refractivity contribution >= 4 is 17.3 Å². The summed E-state index contributed by atoms with van der Waals surface area (Å²) in [5, 5.41) is 0. The minimum atomic E-state index is -1.59. The van der Waals surface area contributed by atoms with Crippen LogP contribution in [0.2, 0.25) is 0 Å². The topological polar surface area (TPSA) is 21.6 Å². The first kappa shape index (κ1) is 13.0. The van der Waals surface area contributed by atoms with Gasteiger partial charge in [0.15, 0.2) is 0 Å². The fraction of sp³-hybridized carbons (Fsp3) is 0.417. The molecule has 0 saturated carbocycles. The smallest absolute Gasteiger partial charge is 0.215 e. The second-order valence-corrected chi connectivity index (χ2v) is 4.02. The molecule has 16 heavy (non-hydrogen) atoms. The van der Waals surface area contributed by atoms with Gasteiger partial charge in [0.1, 0.15) is 5.75 Å². The molecule has 0 saturated heterocycles. The third kappa shape index (κ3) is 3.49. The fourth-order valence-corrected chi connectivity index (χ4v) is 1.48. The van der Waals surface area contributed by atoms with Crippen molar-refractivity contribution in [3.8, 4) is 5.75 Å². The van der Waals surface area contributed by atoms with E-state index in [1.54, 1.807) is 31.4 Å². The monoisotopic (exact) mass is 243 g/mol. The number of nitrogens with zero attached hydrogens (tertiary/aromatic N) is 1. The van der Waals surface area contributed by atoms with E-state index in [-0.39, 0.29) is 11.8 Å². The molecule has 0 aliphatic carbocycles. The largest absolute Gasteiger partial charge is 0.497 e. The normalized spacial score (nSPS) is 14.0. The first-order valence-electron chi connectivity index (χ1n) is 5.05. The first-order valence-corrected chi connectivity index (χ1v) is 5.48. The highest BCUT2D eigenvalue weighted by molar-refractivity contribution is 6.33.